The monoisotopic (exact) mass is 167 g/mol. The van der Waals surface area contributed by atoms with Crippen molar-refractivity contribution in [3.05, 3.63) is 24.0 Å². The summed E-state index contributed by atoms with van der Waals surface area (Å²) in [5, 5.41) is 9.48. The number of anilines is 1. The SMILES string of the molecule is CC(N)C(O)c1cc(N)ccn1. The first kappa shape index (κ1) is 8.96. The molecule has 0 aliphatic rings. The molecule has 0 bridgehead atoms. The van der Waals surface area contributed by atoms with E-state index in [1.165, 1.54) is 0 Å². The molecule has 4 heteroatoms. The highest BCUT2D eigenvalue weighted by molar-refractivity contribution is 5.37. The van der Waals surface area contributed by atoms with Gasteiger partial charge in [-0.25, -0.2) is 0 Å². The highest BCUT2D eigenvalue weighted by atomic mass is 16.3. The van der Waals surface area contributed by atoms with Gasteiger partial charge in [0.2, 0.25) is 0 Å². The Bertz CT molecular complexity index is 262. The van der Waals surface area contributed by atoms with Crippen LogP contribution in [0.4, 0.5) is 5.69 Å². The van der Waals surface area contributed by atoms with Gasteiger partial charge in [0.25, 0.3) is 0 Å². The number of aliphatic hydroxyl groups excluding tert-OH is 1. The van der Waals surface area contributed by atoms with Crippen LogP contribution >= 0.6 is 0 Å². The van der Waals surface area contributed by atoms with E-state index in [1.807, 2.05) is 0 Å². The van der Waals surface area contributed by atoms with E-state index in [1.54, 1.807) is 25.3 Å². The molecule has 4 nitrogen and oxygen atoms in total. The van der Waals surface area contributed by atoms with E-state index < -0.39 is 6.10 Å². The lowest BCUT2D eigenvalue weighted by Gasteiger charge is -2.13. The van der Waals surface area contributed by atoms with Crippen LogP contribution in [0, 0.1) is 0 Å². The Balaban J connectivity index is 2.88. The summed E-state index contributed by atoms with van der Waals surface area (Å²) in [6, 6.07) is 2.95. The Kier molecular flexibility index (Phi) is 2.62. The largest absolute Gasteiger partial charge is 0.399 e. The molecular weight excluding hydrogens is 154 g/mol. The zero-order valence-corrected chi connectivity index (χ0v) is 6.94. The Morgan fingerprint density at radius 2 is 2.25 bits per heavy atom. The maximum absolute atomic E-state index is 9.48. The van der Waals surface area contributed by atoms with Crippen LogP contribution in [0.15, 0.2) is 18.3 Å². The molecule has 0 aliphatic carbocycles. The molecule has 0 radical (unpaired) electrons. The molecule has 5 N–H and O–H groups in total. The van der Waals surface area contributed by atoms with Gasteiger partial charge in [-0.2, -0.15) is 0 Å². The lowest BCUT2D eigenvalue weighted by molar-refractivity contribution is 0.149. The zero-order chi connectivity index (χ0) is 9.14. The van der Waals surface area contributed by atoms with Crippen molar-refractivity contribution < 1.29 is 5.11 Å². The summed E-state index contributed by atoms with van der Waals surface area (Å²) in [5.41, 5.74) is 12.1. The van der Waals surface area contributed by atoms with Crippen LogP contribution in [0.25, 0.3) is 0 Å². The molecule has 0 aliphatic heterocycles. The molecule has 66 valence electrons. The number of hydrogen-bond donors (Lipinski definition) is 3. The van der Waals surface area contributed by atoms with Gasteiger partial charge in [0, 0.05) is 17.9 Å². The van der Waals surface area contributed by atoms with Gasteiger partial charge in [-0.05, 0) is 19.1 Å². The van der Waals surface area contributed by atoms with Crippen LogP contribution in [-0.4, -0.2) is 16.1 Å². The van der Waals surface area contributed by atoms with Crippen molar-refractivity contribution in [2.24, 2.45) is 5.73 Å². The van der Waals surface area contributed by atoms with Crippen molar-refractivity contribution in [3.63, 3.8) is 0 Å². The third-order valence-electron chi connectivity index (χ3n) is 1.61. The molecule has 1 aromatic rings. The first-order valence-corrected chi connectivity index (χ1v) is 3.76. The van der Waals surface area contributed by atoms with Gasteiger partial charge < -0.3 is 16.6 Å². The number of pyridine rings is 1. The van der Waals surface area contributed by atoms with Gasteiger partial charge in [0.15, 0.2) is 0 Å². The van der Waals surface area contributed by atoms with E-state index in [0.29, 0.717) is 11.4 Å². The van der Waals surface area contributed by atoms with Crippen LogP contribution in [0.1, 0.15) is 18.7 Å². The maximum atomic E-state index is 9.48. The molecule has 1 rings (SSSR count). The molecule has 12 heavy (non-hydrogen) atoms. The van der Waals surface area contributed by atoms with Gasteiger partial charge >= 0.3 is 0 Å². The van der Waals surface area contributed by atoms with E-state index in [0.717, 1.165) is 0 Å². The minimum atomic E-state index is -0.742. The van der Waals surface area contributed by atoms with Crippen LogP contribution in [0.3, 0.4) is 0 Å². The average molecular weight is 167 g/mol. The smallest absolute Gasteiger partial charge is 0.111 e. The van der Waals surface area contributed by atoms with Gasteiger partial charge in [0.05, 0.1) is 5.69 Å². The summed E-state index contributed by atoms with van der Waals surface area (Å²) in [5.74, 6) is 0. The molecule has 1 heterocycles. The number of aliphatic hydroxyl groups is 1. The highest BCUT2D eigenvalue weighted by Crippen LogP contribution is 2.14. The fourth-order valence-corrected chi connectivity index (χ4v) is 0.897. The molecule has 2 atom stereocenters. The summed E-state index contributed by atoms with van der Waals surface area (Å²) < 4.78 is 0. The standard InChI is InChI=1S/C8H13N3O/c1-5(9)8(12)7-4-6(10)2-3-11-7/h2-5,8,12H,9H2,1H3,(H2,10,11). The summed E-state index contributed by atoms with van der Waals surface area (Å²) in [4.78, 5) is 3.95. The van der Waals surface area contributed by atoms with Gasteiger partial charge in [0.1, 0.15) is 6.10 Å². The second-order valence-electron chi connectivity index (χ2n) is 2.82. The normalized spacial score (nSPS) is 15.6. The predicted octanol–water partition coefficient (Wildman–Crippen LogP) is 0.0444. The third kappa shape index (κ3) is 1.93. The molecule has 2 unspecified atom stereocenters. The summed E-state index contributed by atoms with van der Waals surface area (Å²) in [7, 11) is 0. The Hall–Kier alpha value is -1.13. The number of nitrogens with two attached hydrogens (primary N) is 2. The maximum Gasteiger partial charge on any atom is 0.111 e. The van der Waals surface area contributed by atoms with E-state index in [-0.39, 0.29) is 6.04 Å². The predicted molar refractivity (Wildman–Crippen MR) is 47.3 cm³/mol. The lowest BCUT2D eigenvalue weighted by atomic mass is 10.1. The van der Waals surface area contributed by atoms with Gasteiger partial charge in [-0.3, -0.25) is 4.98 Å². The number of hydrogen-bond acceptors (Lipinski definition) is 4. The van der Waals surface area contributed by atoms with Crippen molar-refractivity contribution in [1.29, 1.82) is 0 Å². The Morgan fingerprint density at radius 3 is 2.75 bits per heavy atom. The van der Waals surface area contributed by atoms with Crippen molar-refractivity contribution in [3.8, 4) is 0 Å². The minimum Gasteiger partial charge on any atom is -0.399 e. The first-order chi connectivity index (χ1) is 5.61. The molecule has 1 aromatic heterocycles. The number of rotatable bonds is 2. The molecule has 0 saturated heterocycles. The molecule has 0 aromatic carbocycles. The molecule has 0 amide bonds. The zero-order valence-electron chi connectivity index (χ0n) is 6.94. The fraction of sp³-hybridized carbons (Fsp3) is 0.375. The van der Waals surface area contributed by atoms with Crippen molar-refractivity contribution in [2.45, 2.75) is 19.1 Å². The number of nitrogens with zero attached hydrogens (tertiary/aromatic N) is 1. The number of aromatic nitrogens is 1. The topological polar surface area (TPSA) is 85.2 Å². The van der Waals surface area contributed by atoms with Crippen LogP contribution in [0.5, 0.6) is 0 Å². The molecule has 0 saturated carbocycles. The van der Waals surface area contributed by atoms with Crippen molar-refractivity contribution in [1.82, 2.24) is 4.98 Å². The van der Waals surface area contributed by atoms with E-state index in [2.05, 4.69) is 4.98 Å². The van der Waals surface area contributed by atoms with Crippen LogP contribution in [0.2, 0.25) is 0 Å². The molecular formula is C8H13N3O. The van der Waals surface area contributed by atoms with Crippen LogP contribution in [-0.2, 0) is 0 Å². The van der Waals surface area contributed by atoms with E-state index >= 15 is 0 Å². The first-order valence-electron chi connectivity index (χ1n) is 3.76. The second kappa shape index (κ2) is 3.51. The number of nitrogen functional groups attached to an aromatic ring is 1. The summed E-state index contributed by atoms with van der Waals surface area (Å²) in [6.45, 7) is 1.72. The fourth-order valence-electron chi connectivity index (χ4n) is 0.897. The lowest BCUT2D eigenvalue weighted by Crippen LogP contribution is -2.25. The Morgan fingerprint density at radius 1 is 1.58 bits per heavy atom. The van der Waals surface area contributed by atoms with E-state index in [9.17, 15) is 5.11 Å². The summed E-state index contributed by atoms with van der Waals surface area (Å²) in [6.07, 6.45) is 0.810. The molecule has 0 spiro atoms. The Labute approximate surface area is 71.2 Å². The second-order valence-corrected chi connectivity index (χ2v) is 2.82. The van der Waals surface area contributed by atoms with Crippen LogP contribution < -0.4 is 11.5 Å². The van der Waals surface area contributed by atoms with Crippen molar-refractivity contribution in [2.75, 3.05) is 5.73 Å². The third-order valence-corrected chi connectivity index (χ3v) is 1.61. The molecule has 0 fully saturated rings. The van der Waals surface area contributed by atoms with Gasteiger partial charge in [-0.15, -0.1) is 0 Å². The summed E-state index contributed by atoms with van der Waals surface area (Å²) >= 11 is 0. The quantitative estimate of drug-likeness (QED) is 0.580. The van der Waals surface area contributed by atoms with E-state index in [4.69, 9.17) is 11.5 Å². The average Bonchev–Trinajstić information content (AvgIpc) is 2.03. The highest BCUT2D eigenvalue weighted by Gasteiger charge is 2.13. The van der Waals surface area contributed by atoms with Crippen molar-refractivity contribution >= 4 is 5.69 Å². The minimum absolute atomic E-state index is 0.334. The van der Waals surface area contributed by atoms with Gasteiger partial charge in [-0.1, -0.05) is 0 Å².